The van der Waals surface area contributed by atoms with Gasteiger partial charge in [-0.3, -0.25) is 10.9 Å². The van der Waals surface area contributed by atoms with Crippen LogP contribution in [0.1, 0.15) is 29.7 Å². The molecule has 0 amide bonds. The molecular weight excluding hydrogens is 338 g/mol. The van der Waals surface area contributed by atoms with Crippen LogP contribution in [0.3, 0.4) is 0 Å². The van der Waals surface area contributed by atoms with Gasteiger partial charge in [-0.25, -0.2) is 0 Å². The second-order valence-electron chi connectivity index (χ2n) is 7.28. The summed E-state index contributed by atoms with van der Waals surface area (Å²) < 4.78 is 10.9. The molecule has 5 heteroatoms. The van der Waals surface area contributed by atoms with Gasteiger partial charge < -0.3 is 14.8 Å². The van der Waals surface area contributed by atoms with Crippen molar-refractivity contribution in [1.29, 1.82) is 0 Å². The van der Waals surface area contributed by atoms with E-state index in [9.17, 15) is 0 Å². The standard InChI is InChI=1S/C22H31N3O2/c1-15-7-5-6-8-17(15)11-20(23-13-19-14-24-25-16(19)2)18-9-10-21(26-3)22(12-18)27-4/h5-10,12,16,19-20,23-25H,11,13-14H2,1-4H3. The second kappa shape index (κ2) is 9.22. The highest BCUT2D eigenvalue weighted by atomic mass is 16.5. The Morgan fingerprint density at radius 3 is 2.56 bits per heavy atom. The van der Waals surface area contributed by atoms with Gasteiger partial charge in [0.1, 0.15) is 0 Å². The van der Waals surface area contributed by atoms with Crippen molar-refractivity contribution in [3.63, 3.8) is 0 Å². The lowest BCUT2D eigenvalue weighted by Gasteiger charge is -2.24. The zero-order valence-corrected chi connectivity index (χ0v) is 16.7. The molecule has 1 heterocycles. The van der Waals surface area contributed by atoms with Crippen LogP contribution in [0.2, 0.25) is 0 Å². The summed E-state index contributed by atoms with van der Waals surface area (Å²) in [5, 5.41) is 3.80. The van der Waals surface area contributed by atoms with E-state index < -0.39 is 0 Å². The van der Waals surface area contributed by atoms with Crippen LogP contribution in [-0.2, 0) is 6.42 Å². The van der Waals surface area contributed by atoms with Gasteiger partial charge in [-0.05, 0) is 49.1 Å². The summed E-state index contributed by atoms with van der Waals surface area (Å²) in [6.45, 7) is 6.33. The van der Waals surface area contributed by atoms with Crippen LogP contribution >= 0.6 is 0 Å². The summed E-state index contributed by atoms with van der Waals surface area (Å²) in [5.74, 6) is 2.09. The smallest absolute Gasteiger partial charge is 0.161 e. The minimum absolute atomic E-state index is 0.207. The topological polar surface area (TPSA) is 54.5 Å². The molecule has 0 radical (unpaired) electrons. The molecule has 0 aliphatic carbocycles. The third kappa shape index (κ3) is 4.80. The predicted octanol–water partition coefficient (Wildman–Crippen LogP) is 3.00. The van der Waals surface area contributed by atoms with Gasteiger partial charge in [0.05, 0.1) is 14.2 Å². The highest BCUT2D eigenvalue weighted by Gasteiger charge is 2.24. The van der Waals surface area contributed by atoms with Crippen LogP contribution < -0.4 is 25.6 Å². The highest BCUT2D eigenvalue weighted by molar-refractivity contribution is 5.44. The molecule has 1 aliphatic rings. The molecule has 0 saturated carbocycles. The largest absolute Gasteiger partial charge is 0.493 e. The first-order chi connectivity index (χ1) is 13.1. The van der Waals surface area contributed by atoms with Crippen molar-refractivity contribution in [3.8, 4) is 11.5 Å². The number of methoxy groups -OCH3 is 2. The van der Waals surface area contributed by atoms with Gasteiger partial charge in [-0.2, -0.15) is 0 Å². The Balaban J connectivity index is 1.83. The number of hydrogen-bond donors (Lipinski definition) is 3. The normalized spacial score (nSPS) is 20.4. The monoisotopic (exact) mass is 369 g/mol. The van der Waals surface area contributed by atoms with E-state index in [1.165, 1.54) is 16.7 Å². The van der Waals surface area contributed by atoms with E-state index in [-0.39, 0.29) is 6.04 Å². The molecule has 2 aromatic rings. The lowest BCUT2D eigenvalue weighted by Crippen LogP contribution is -2.35. The number of rotatable bonds is 8. The van der Waals surface area contributed by atoms with Crippen LogP contribution in [0, 0.1) is 12.8 Å². The average Bonchev–Trinajstić information content (AvgIpc) is 3.10. The van der Waals surface area contributed by atoms with E-state index in [0.29, 0.717) is 12.0 Å². The maximum Gasteiger partial charge on any atom is 0.161 e. The van der Waals surface area contributed by atoms with Crippen LogP contribution in [0.4, 0.5) is 0 Å². The van der Waals surface area contributed by atoms with Crippen molar-refractivity contribution in [3.05, 3.63) is 59.2 Å². The van der Waals surface area contributed by atoms with Gasteiger partial charge in [-0.15, -0.1) is 0 Å². The lowest BCUT2D eigenvalue weighted by molar-refractivity contribution is 0.353. The minimum Gasteiger partial charge on any atom is -0.493 e. The molecule has 1 fully saturated rings. The molecule has 146 valence electrons. The lowest BCUT2D eigenvalue weighted by atomic mass is 9.94. The van der Waals surface area contributed by atoms with Crippen LogP contribution in [-0.4, -0.2) is 33.4 Å². The Kier molecular flexibility index (Phi) is 6.72. The Labute approximate surface area is 162 Å². The predicted molar refractivity (Wildman–Crippen MR) is 109 cm³/mol. The number of ether oxygens (including phenoxy) is 2. The fourth-order valence-electron chi connectivity index (χ4n) is 3.62. The molecule has 3 atom stereocenters. The van der Waals surface area contributed by atoms with Crippen molar-refractivity contribution in [2.75, 3.05) is 27.3 Å². The van der Waals surface area contributed by atoms with Crippen molar-refractivity contribution in [2.24, 2.45) is 5.92 Å². The molecule has 0 aromatic heterocycles. The van der Waals surface area contributed by atoms with E-state index in [0.717, 1.165) is 31.0 Å². The Bertz CT molecular complexity index is 750. The second-order valence-corrected chi connectivity index (χ2v) is 7.28. The number of hydrazine groups is 1. The fraction of sp³-hybridized carbons (Fsp3) is 0.455. The SMILES string of the molecule is COc1ccc(C(Cc2ccccc2C)NCC2CNNC2C)cc1OC. The maximum atomic E-state index is 5.52. The van der Waals surface area contributed by atoms with Crippen LogP contribution in [0.25, 0.3) is 0 Å². The summed E-state index contributed by atoms with van der Waals surface area (Å²) in [6, 6.07) is 15.5. The Morgan fingerprint density at radius 1 is 1.11 bits per heavy atom. The fourth-order valence-corrected chi connectivity index (χ4v) is 3.62. The van der Waals surface area contributed by atoms with Crippen molar-refractivity contribution >= 4 is 0 Å². The molecule has 2 aromatic carbocycles. The molecule has 27 heavy (non-hydrogen) atoms. The van der Waals surface area contributed by atoms with Gasteiger partial charge >= 0.3 is 0 Å². The van der Waals surface area contributed by atoms with Gasteiger partial charge in [0.15, 0.2) is 11.5 Å². The molecular formula is C22H31N3O2. The first kappa shape index (κ1) is 19.7. The van der Waals surface area contributed by atoms with E-state index in [1.54, 1.807) is 14.2 Å². The summed E-state index contributed by atoms with van der Waals surface area (Å²) in [5.41, 5.74) is 10.4. The number of hydrogen-bond acceptors (Lipinski definition) is 5. The molecule has 5 nitrogen and oxygen atoms in total. The highest BCUT2D eigenvalue weighted by Crippen LogP contribution is 2.31. The van der Waals surface area contributed by atoms with Gasteiger partial charge in [0, 0.05) is 31.1 Å². The van der Waals surface area contributed by atoms with Gasteiger partial charge in [-0.1, -0.05) is 30.3 Å². The molecule has 1 aliphatic heterocycles. The molecule has 3 N–H and O–H groups in total. The summed E-state index contributed by atoms with van der Waals surface area (Å²) in [7, 11) is 3.35. The van der Waals surface area contributed by atoms with E-state index in [2.05, 4.69) is 66.4 Å². The van der Waals surface area contributed by atoms with Gasteiger partial charge in [0.2, 0.25) is 0 Å². The first-order valence-electron chi connectivity index (χ1n) is 9.60. The quantitative estimate of drug-likeness (QED) is 0.668. The van der Waals surface area contributed by atoms with Crippen molar-refractivity contribution in [2.45, 2.75) is 32.4 Å². The molecule has 3 rings (SSSR count). The first-order valence-corrected chi connectivity index (χ1v) is 9.60. The van der Waals surface area contributed by atoms with Crippen molar-refractivity contribution in [1.82, 2.24) is 16.2 Å². The van der Waals surface area contributed by atoms with E-state index in [4.69, 9.17) is 9.47 Å². The number of aryl methyl sites for hydroxylation is 1. The molecule has 0 bridgehead atoms. The van der Waals surface area contributed by atoms with Crippen molar-refractivity contribution < 1.29 is 9.47 Å². The summed E-state index contributed by atoms with van der Waals surface area (Å²) >= 11 is 0. The molecule has 1 saturated heterocycles. The van der Waals surface area contributed by atoms with E-state index >= 15 is 0 Å². The number of nitrogens with one attached hydrogen (secondary N) is 3. The average molecular weight is 370 g/mol. The van der Waals surface area contributed by atoms with Gasteiger partial charge in [0.25, 0.3) is 0 Å². The zero-order valence-electron chi connectivity index (χ0n) is 16.7. The molecule has 0 spiro atoms. The van der Waals surface area contributed by atoms with Crippen LogP contribution in [0.5, 0.6) is 11.5 Å². The summed E-state index contributed by atoms with van der Waals surface area (Å²) in [6.07, 6.45) is 0.935. The Morgan fingerprint density at radius 2 is 1.89 bits per heavy atom. The minimum atomic E-state index is 0.207. The Hall–Kier alpha value is -2.08. The third-order valence-electron chi connectivity index (χ3n) is 5.52. The third-order valence-corrected chi connectivity index (χ3v) is 5.52. The molecule has 3 unspecified atom stereocenters. The number of benzene rings is 2. The van der Waals surface area contributed by atoms with Crippen LogP contribution in [0.15, 0.2) is 42.5 Å². The zero-order chi connectivity index (χ0) is 19.2. The van der Waals surface area contributed by atoms with E-state index in [1.807, 2.05) is 6.07 Å². The maximum absolute atomic E-state index is 5.52. The summed E-state index contributed by atoms with van der Waals surface area (Å²) in [4.78, 5) is 0.